The van der Waals surface area contributed by atoms with E-state index < -0.39 is 0 Å². The minimum Gasteiger partial charge on any atom is -0.508 e. The number of nitrogens with one attached hydrogen (secondary N) is 3. The molecule has 1 amide bonds. The van der Waals surface area contributed by atoms with Gasteiger partial charge in [0.1, 0.15) is 5.75 Å². The number of anilines is 3. The summed E-state index contributed by atoms with van der Waals surface area (Å²) < 4.78 is 0. The summed E-state index contributed by atoms with van der Waals surface area (Å²) >= 11 is 0. The number of pyridine rings is 1. The topological polar surface area (TPSA) is 86.3 Å². The highest BCUT2D eigenvalue weighted by Gasteiger charge is 2.10. The van der Waals surface area contributed by atoms with Crippen LogP contribution in [0.1, 0.15) is 27.9 Å². The molecule has 4 rings (SSSR count). The molecule has 0 aliphatic rings. The van der Waals surface area contributed by atoms with E-state index in [0.717, 1.165) is 46.5 Å². The molecule has 0 spiro atoms. The number of carbonyl (C=O) groups is 1. The molecule has 0 unspecified atom stereocenters. The lowest BCUT2D eigenvalue weighted by Gasteiger charge is -2.13. The van der Waals surface area contributed by atoms with Gasteiger partial charge in [-0.05, 0) is 67.8 Å². The van der Waals surface area contributed by atoms with Gasteiger partial charge < -0.3 is 21.1 Å². The minimum atomic E-state index is -0.115. The van der Waals surface area contributed by atoms with Crippen molar-refractivity contribution in [1.29, 1.82) is 0 Å². The van der Waals surface area contributed by atoms with Crippen LogP contribution in [0.15, 0.2) is 72.9 Å². The summed E-state index contributed by atoms with van der Waals surface area (Å²) in [5.74, 6) is 0.0783. The van der Waals surface area contributed by atoms with Crippen molar-refractivity contribution in [3.63, 3.8) is 0 Å². The number of aromatic nitrogens is 1. The second-order valence-electron chi connectivity index (χ2n) is 8.07. The van der Waals surface area contributed by atoms with Crippen molar-refractivity contribution in [2.75, 3.05) is 23.7 Å². The number of carbonyl (C=O) groups excluding carboxylic acids is 1. The van der Waals surface area contributed by atoms with Crippen molar-refractivity contribution in [2.45, 2.75) is 20.3 Å². The van der Waals surface area contributed by atoms with Gasteiger partial charge in [-0.2, -0.15) is 0 Å². The van der Waals surface area contributed by atoms with Crippen LogP contribution in [0.25, 0.3) is 10.9 Å². The van der Waals surface area contributed by atoms with Crippen molar-refractivity contribution >= 4 is 33.9 Å². The lowest BCUT2D eigenvalue weighted by molar-refractivity contribution is 0.0953. The molecule has 4 aromatic rings. The van der Waals surface area contributed by atoms with Crippen LogP contribution in [0.2, 0.25) is 0 Å². The number of phenolic OH excluding ortho intramolecular Hbond substituents is 1. The number of hydrogen-bond acceptors (Lipinski definition) is 5. The molecular weight excluding hydrogens is 412 g/mol. The monoisotopic (exact) mass is 440 g/mol. The number of nitrogens with zero attached hydrogens (tertiary/aromatic N) is 1. The second-order valence-corrected chi connectivity index (χ2v) is 8.07. The van der Waals surface area contributed by atoms with Crippen molar-refractivity contribution in [2.24, 2.45) is 0 Å². The number of para-hydroxylation sites is 1. The van der Waals surface area contributed by atoms with E-state index in [9.17, 15) is 9.90 Å². The van der Waals surface area contributed by atoms with Crippen LogP contribution in [-0.4, -0.2) is 29.1 Å². The molecule has 0 aliphatic carbocycles. The number of benzene rings is 3. The fraction of sp³-hybridized carbons (Fsp3) is 0.185. The Morgan fingerprint density at radius 2 is 1.70 bits per heavy atom. The quantitative estimate of drug-likeness (QED) is 0.271. The normalized spacial score (nSPS) is 10.7. The Balaban J connectivity index is 1.41. The average molecular weight is 441 g/mol. The predicted molar refractivity (Wildman–Crippen MR) is 134 cm³/mol. The smallest absolute Gasteiger partial charge is 0.251 e. The molecule has 0 bridgehead atoms. The Morgan fingerprint density at radius 3 is 2.55 bits per heavy atom. The van der Waals surface area contributed by atoms with Gasteiger partial charge in [0, 0.05) is 53.4 Å². The van der Waals surface area contributed by atoms with E-state index in [1.165, 1.54) is 5.56 Å². The van der Waals surface area contributed by atoms with Gasteiger partial charge in [0.25, 0.3) is 5.91 Å². The lowest BCUT2D eigenvalue weighted by Crippen LogP contribution is -2.25. The molecule has 0 saturated carbocycles. The third-order valence-corrected chi connectivity index (χ3v) is 5.59. The van der Waals surface area contributed by atoms with Crippen molar-refractivity contribution < 1.29 is 9.90 Å². The standard InChI is InChI=1S/C27H28N4O2/c1-18-6-3-4-7-23(18)28-13-5-14-30-27(33)20-9-11-24-22(16-20)25(12-15-29-24)31-26-17-21(32)10-8-19(26)2/h3-4,6-12,15-17,28,32H,5,13-14H2,1-2H3,(H,29,31)(H,30,33). The van der Waals surface area contributed by atoms with Gasteiger partial charge in [0.2, 0.25) is 0 Å². The molecule has 3 aromatic carbocycles. The van der Waals surface area contributed by atoms with E-state index >= 15 is 0 Å². The van der Waals surface area contributed by atoms with Crippen LogP contribution in [0, 0.1) is 13.8 Å². The summed E-state index contributed by atoms with van der Waals surface area (Å²) in [7, 11) is 0. The molecule has 0 atom stereocenters. The summed E-state index contributed by atoms with van der Waals surface area (Å²) in [6.07, 6.45) is 2.54. The Hall–Kier alpha value is -4.06. The van der Waals surface area contributed by atoms with Gasteiger partial charge in [0.15, 0.2) is 0 Å². The Bertz CT molecular complexity index is 1290. The summed E-state index contributed by atoms with van der Waals surface area (Å²) in [6, 6.07) is 20.7. The number of aromatic hydroxyl groups is 1. The molecule has 168 valence electrons. The van der Waals surface area contributed by atoms with Gasteiger partial charge >= 0.3 is 0 Å². The maximum absolute atomic E-state index is 12.7. The van der Waals surface area contributed by atoms with Crippen molar-refractivity contribution in [3.05, 3.63) is 89.6 Å². The van der Waals surface area contributed by atoms with Crippen LogP contribution >= 0.6 is 0 Å². The summed E-state index contributed by atoms with van der Waals surface area (Å²) in [4.78, 5) is 17.2. The number of aryl methyl sites for hydroxylation is 2. The molecule has 4 N–H and O–H groups in total. The van der Waals surface area contributed by atoms with Gasteiger partial charge in [-0.15, -0.1) is 0 Å². The fourth-order valence-corrected chi connectivity index (χ4v) is 3.67. The highest BCUT2D eigenvalue weighted by Crippen LogP contribution is 2.29. The first-order valence-electron chi connectivity index (χ1n) is 11.0. The highest BCUT2D eigenvalue weighted by molar-refractivity contribution is 6.01. The summed E-state index contributed by atoms with van der Waals surface area (Å²) in [6.45, 7) is 5.40. The van der Waals surface area contributed by atoms with Gasteiger partial charge in [-0.25, -0.2) is 0 Å². The summed E-state index contributed by atoms with van der Waals surface area (Å²) in [5.41, 5.74) is 6.33. The predicted octanol–water partition coefficient (Wildman–Crippen LogP) is 5.53. The van der Waals surface area contributed by atoms with E-state index in [2.05, 4.69) is 40.0 Å². The van der Waals surface area contributed by atoms with Crippen LogP contribution in [0.4, 0.5) is 17.1 Å². The zero-order valence-corrected chi connectivity index (χ0v) is 18.9. The van der Waals surface area contributed by atoms with Crippen LogP contribution in [-0.2, 0) is 0 Å². The van der Waals surface area contributed by atoms with E-state index in [-0.39, 0.29) is 11.7 Å². The van der Waals surface area contributed by atoms with Gasteiger partial charge in [-0.1, -0.05) is 24.3 Å². The Labute approximate surface area is 193 Å². The molecule has 1 heterocycles. The van der Waals surface area contributed by atoms with E-state index in [4.69, 9.17) is 0 Å². The van der Waals surface area contributed by atoms with Gasteiger partial charge in [0.05, 0.1) is 5.52 Å². The SMILES string of the molecule is Cc1ccccc1NCCCNC(=O)c1ccc2nccc(Nc3cc(O)ccc3C)c2c1. The number of rotatable bonds is 8. The molecule has 6 nitrogen and oxygen atoms in total. The molecule has 33 heavy (non-hydrogen) atoms. The molecule has 0 saturated heterocycles. The van der Waals surface area contributed by atoms with E-state index in [0.29, 0.717) is 12.1 Å². The maximum Gasteiger partial charge on any atom is 0.251 e. The molecule has 6 heteroatoms. The van der Waals surface area contributed by atoms with Gasteiger partial charge in [-0.3, -0.25) is 9.78 Å². The Morgan fingerprint density at radius 1 is 0.879 bits per heavy atom. The zero-order valence-electron chi connectivity index (χ0n) is 18.9. The van der Waals surface area contributed by atoms with Crippen LogP contribution in [0.5, 0.6) is 5.75 Å². The van der Waals surface area contributed by atoms with Crippen LogP contribution < -0.4 is 16.0 Å². The first-order chi connectivity index (χ1) is 16.0. The summed E-state index contributed by atoms with van der Waals surface area (Å²) in [5, 5.41) is 20.4. The molecule has 0 aliphatic heterocycles. The van der Waals surface area contributed by atoms with Crippen LogP contribution in [0.3, 0.4) is 0 Å². The third kappa shape index (κ3) is 5.41. The average Bonchev–Trinajstić information content (AvgIpc) is 2.82. The molecule has 1 aromatic heterocycles. The third-order valence-electron chi connectivity index (χ3n) is 5.59. The van der Waals surface area contributed by atoms with Crippen molar-refractivity contribution in [3.8, 4) is 5.75 Å². The number of hydrogen-bond donors (Lipinski definition) is 4. The minimum absolute atomic E-state index is 0.115. The molecule has 0 radical (unpaired) electrons. The highest BCUT2D eigenvalue weighted by atomic mass is 16.3. The maximum atomic E-state index is 12.7. The number of fused-ring (bicyclic) bond motifs is 1. The first-order valence-corrected chi connectivity index (χ1v) is 11.0. The second kappa shape index (κ2) is 10.0. The van der Waals surface area contributed by atoms with E-state index in [1.807, 2.05) is 43.3 Å². The Kier molecular flexibility index (Phi) is 6.74. The van der Waals surface area contributed by atoms with E-state index in [1.54, 1.807) is 24.4 Å². The van der Waals surface area contributed by atoms with Crippen molar-refractivity contribution in [1.82, 2.24) is 10.3 Å². The fourth-order valence-electron chi connectivity index (χ4n) is 3.67. The molecular formula is C27H28N4O2. The number of amides is 1. The lowest BCUT2D eigenvalue weighted by atomic mass is 10.1. The first kappa shape index (κ1) is 22.1. The largest absolute Gasteiger partial charge is 0.508 e. The molecule has 0 fully saturated rings. The zero-order chi connectivity index (χ0) is 23.2. The number of phenols is 1.